The van der Waals surface area contributed by atoms with Gasteiger partial charge in [0.25, 0.3) is 0 Å². The molecule has 1 saturated heterocycles. The van der Waals surface area contributed by atoms with Crippen LogP contribution in [-0.4, -0.2) is 56.8 Å². The second-order valence-electron chi connectivity index (χ2n) is 6.63. The molecule has 0 aliphatic carbocycles. The van der Waals surface area contributed by atoms with Crippen LogP contribution in [0.4, 0.5) is 0 Å². The van der Waals surface area contributed by atoms with Crippen molar-refractivity contribution in [3.05, 3.63) is 22.3 Å². The molecule has 2 unspecified atom stereocenters. The van der Waals surface area contributed by atoms with Crippen molar-refractivity contribution < 1.29 is 28.5 Å². The largest absolute Gasteiger partial charge is 0.496 e. The van der Waals surface area contributed by atoms with E-state index in [1.165, 1.54) is 4.90 Å². The zero-order chi connectivity index (χ0) is 20.3. The quantitative estimate of drug-likeness (QED) is 0.707. The van der Waals surface area contributed by atoms with Gasteiger partial charge in [-0.3, -0.25) is 4.79 Å². The molecule has 27 heavy (non-hydrogen) atoms. The lowest BCUT2D eigenvalue weighted by Crippen LogP contribution is -2.51. The van der Waals surface area contributed by atoms with E-state index < -0.39 is 18.1 Å². The Hall–Kier alpha value is -2.28. The van der Waals surface area contributed by atoms with Gasteiger partial charge in [-0.05, 0) is 45.7 Å². The highest BCUT2D eigenvalue weighted by Crippen LogP contribution is 2.42. The van der Waals surface area contributed by atoms with Crippen LogP contribution in [0.1, 0.15) is 42.2 Å². The molecular formula is C20H29NO6. The predicted molar refractivity (Wildman–Crippen MR) is 100 cm³/mol. The van der Waals surface area contributed by atoms with Crippen LogP contribution in [0, 0.1) is 20.8 Å². The molecular weight excluding hydrogens is 350 g/mol. The number of nitrogens with zero attached hydrogens (tertiary/aromatic N) is 1. The van der Waals surface area contributed by atoms with Crippen LogP contribution in [0.25, 0.3) is 0 Å². The van der Waals surface area contributed by atoms with Crippen LogP contribution < -0.4 is 9.47 Å². The van der Waals surface area contributed by atoms with Gasteiger partial charge in [-0.2, -0.15) is 0 Å². The maximum absolute atomic E-state index is 12.3. The molecule has 0 bridgehead atoms. The van der Waals surface area contributed by atoms with E-state index in [4.69, 9.17) is 18.9 Å². The van der Waals surface area contributed by atoms with Crippen LogP contribution in [0.15, 0.2) is 0 Å². The second kappa shape index (κ2) is 8.61. The third kappa shape index (κ3) is 3.88. The zero-order valence-corrected chi connectivity index (χ0v) is 17.2. The number of ether oxygens (including phenoxy) is 4. The topological polar surface area (TPSA) is 74.3 Å². The zero-order valence-electron chi connectivity index (χ0n) is 17.2. The van der Waals surface area contributed by atoms with E-state index in [0.29, 0.717) is 5.75 Å². The predicted octanol–water partition coefficient (Wildman–Crippen LogP) is 2.48. The first-order valence-electron chi connectivity index (χ1n) is 9.07. The number of amides is 1. The lowest BCUT2D eigenvalue weighted by molar-refractivity contribution is -0.164. The number of hydrogen-bond donors (Lipinski definition) is 0. The maximum Gasteiger partial charge on any atom is 0.328 e. The molecule has 2 atom stereocenters. The molecule has 1 amide bonds. The highest BCUT2D eigenvalue weighted by atomic mass is 16.5. The van der Waals surface area contributed by atoms with E-state index in [9.17, 15) is 9.59 Å². The number of carbonyl (C=O) groups is 2. The van der Waals surface area contributed by atoms with Crippen LogP contribution >= 0.6 is 0 Å². The van der Waals surface area contributed by atoms with Crippen molar-refractivity contribution in [2.75, 3.05) is 34.0 Å². The van der Waals surface area contributed by atoms with Crippen molar-refractivity contribution in [3.63, 3.8) is 0 Å². The summed E-state index contributed by atoms with van der Waals surface area (Å²) in [4.78, 5) is 26.0. The van der Waals surface area contributed by atoms with Crippen molar-refractivity contribution in [1.82, 2.24) is 4.90 Å². The van der Waals surface area contributed by atoms with Crippen molar-refractivity contribution in [1.29, 1.82) is 0 Å². The molecule has 0 spiro atoms. The average molecular weight is 379 g/mol. The Balaban J connectivity index is 2.45. The van der Waals surface area contributed by atoms with E-state index in [1.807, 2.05) is 20.8 Å². The third-order valence-corrected chi connectivity index (χ3v) is 5.15. The fourth-order valence-electron chi connectivity index (χ4n) is 3.60. The van der Waals surface area contributed by atoms with Gasteiger partial charge in [0.05, 0.1) is 27.4 Å². The summed E-state index contributed by atoms with van der Waals surface area (Å²) in [6.45, 7) is 9.70. The molecule has 1 aliphatic rings. The smallest absolute Gasteiger partial charge is 0.328 e. The number of rotatable bonds is 6. The van der Waals surface area contributed by atoms with Gasteiger partial charge in [0, 0.05) is 11.1 Å². The van der Waals surface area contributed by atoms with Gasteiger partial charge in [0.15, 0.2) is 0 Å². The highest BCUT2D eigenvalue weighted by molar-refractivity contribution is 5.85. The third-order valence-electron chi connectivity index (χ3n) is 5.15. The average Bonchev–Trinajstić information content (AvgIpc) is 2.65. The van der Waals surface area contributed by atoms with E-state index in [2.05, 4.69) is 0 Å². The summed E-state index contributed by atoms with van der Waals surface area (Å²) in [5.74, 6) is 0.828. The summed E-state index contributed by atoms with van der Waals surface area (Å²) in [7, 11) is 3.25. The lowest BCUT2D eigenvalue weighted by Gasteiger charge is -2.37. The molecule has 1 aromatic carbocycles. The van der Waals surface area contributed by atoms with Gasteiger partial charge < -0.3 is 23.8 Å². The summed E-state index contributed by atoms with van der Waals surface area (Å²) < 4.78 is 22.2. The normalized spacial score (nSPS) is 18.3. The number of carbonyl (C=O) groups excluding carboxylic acids is 2. The molecule has 1 fully saturated rings. The first-order chi connectivity index (χ1) is 12.8. The maximum atomic E-state index is 12.3. The molecule has 0 aromatic heterocycles. The number of esters is 1. The minimum absolute atomic E-state index is 0.105. The molecule has 1 heterocycles. The number of benzene rings is 1. The number of morpholine rings is 1. The van der Waals surface area contributed by atoms with E-state index in [-0.39, 0.29) is 25.7 Å². The summed E-state index contributed by atoms with van der Waals surface area (Å²) in [5.41, 5.74) is 3.70. The Morgan fingerprint density at radius 3 is 2.30 bits per heavy atom. The minimum atomic E-state index is -0.677. The Bertz CT molecular complexity index is 730. The summed E-state index contributed by atoms with van der Waals surface area (Å²) in [6.07, 6.45) is -0.428. The SMILES string of the molecule is CCOC(=O)C(C)N1CC(c2c(C)c(OC)c(C)c(C)c2OC)OCC1=O. The van der Waals surface area contributed by atoms with Crippen LogP contribution in [0.2, 0.25) is 0 Å². The minimum Gasteiger partial charge on any atom is -0.496 e. The fourth-order valence-corrected chi connectivity index (χ4v) is 3.60. The van der Waals surface area contributed by atoms with Gasteiger partial charge in [-0.1, -0.05) is 0 Å². The van der Waals surface area contributed by atoms with Crippen molar-refractivity contribution in [3.8, 4) is 11.5 Å². The summed E-state index contributed by atoms with van der Waals surface area (Å²) in [5, 5.41) is 0. The van der Waals surface area contributed by atoms with Gasteiger partial charge in [0.1, 0.15) is 30.3 Å². The van der Waals surface area contributed by atoms with Gasteiger partial charge >= 0.3 is 5.97 Å². The molecule has 1 aliphatic heterocycles. The first-order valence-corrected chi connectivity index (χ1v) is 9.07. The van der Waals surface area contributed by atoms with Crippen LogP contribution in [0.5, 0.6) is 11.5 Å². The van der Waals surface area contributed by atoms with Crippen LogP contribution in [0.3, 0.4) is 0 Å². The van der Waals surface area contributed by atoms with Crippen molar-refractivity contribution >= 4 is 11.9 Å². The van der Waals surface area contributed by atoms with Crippen LogP contribution in [-0.2, 0) is 19.1 Å². The number of hydrogen-bond acceptors (Lipinski definition) is 6. The Labute approximate surface area is 160 Å². The van der Waals surface area contributed by atoms with Crippen molar-refractivity contribution in [2.45, 2.75) is 46.8 Å². The summed E-state index contributed by atoms with van der Waals surface area (Å²) >= 11 is 0. The molecule has 7 heteroatoms. The van der Waals surface area contributed by atoms with Gasteiger partial charge in [0.2, 0.25) is 5.91 Å². The highest BCUT2D eigenvalue weighted by Gasteiger charge is 2.37. The van der Waals surface area contributed by atoms with E-state index in [1.54, 1.807) is 28.1 Å². The molecule has 1 aromatic rings. The molecule has 0 radical (unpaired) electrons. The Kier molecular flexibility index (Phi) is 6.70. The van der Waals surface area contributed by atoms with E-state index >= 15 is 0 Å². The Morgan fingerprint density at radius 1 is 1.15 bits per heavy atom. The molecule has 0 saturated carbocycles. The monoisotopic (exact) mass is 379 g/mol. The van der Waals surface area contributed by atoms with Crippen molar-refractivity contribution in [2.24, 2.45) is 0 Å². The first kappa shape index (κ1) is 21.0. The van der Waals surface area contributed by atoms with Gasteiger partial charge in [-0.15, -0.1) is 0 Å². The molecule has 150 valence electrons. The number of methoxy groups -OCH3 is 2. The second-order valence-corrected chi connectivity index (χ2v) is 6.63. The van der Waals surface area contributed by atoms with Gasteiger partial charge in [-0.25, -0.2) is 4.79 Å². The molecule has 7 nitrogen and oxygen atoms in total. The standard InChI is InChI=1S/C20H29NO6/c1-8-26-20(23)14(5)21-9-15(27-10-16(21)22)17-13(4)18(24-6)11(2)12(3)19(17)25-7/h14-15H,8-10H2,1-7H3. The molecule has 0 N–H and O–H groups in total. The fraction of sp³-hybridized carbons (Fsp3) is 0.600. The van der Waals surface area contributed by atoms with E-state index in [0.717, 1.165) is 28.0 Å². The molecule has 2 rings (SSSR count). The Morgan fingerprint density at radius 2 is 1.74 bits per heavy atom. The lowest BCUT2D eigenvalue weighted by atomic mass is 9.93. The summed E-state index contributed by atoms with van der Waals surface area (Å²) in [6, 6.07) is -0.677.